The van der Waals surface area contributed by atoms with Crippen LogP contribution >= 0.6 is 24.0 Å². The summed E-state index contributed by atoms with van der Waals surface area (Å²) in [6.07, 6.45) is 0.905. The number of halogens is 1. The average molecular weight is 363 g/mol. The second-order valence-electron chi connectivity index (χ2n) is 4.00. The number of guanidine groups is 1. The maximum absolute atomic E-state index is 5.75. The van der Waals surface area contributed by atoms with Crippen LogP contribution in [0.2, 0.25) is 0 Å². The Morgan fingerprint density at radius 2 is 2.06 bits per heavy atom. The molecule has 0 aliphatic rings. The number of hydrogen-bond donors (Lipinski definition) is 2. The summed E-state index contributed by atoms with van der Waals surface area (Å²) in [7, 11) is 1.67. The first-order valence-corrected chi connectivity index (χ1v) is 5.81. The van der Waals surface area contributed by atoms with E-state index in [0.29, 0.717) is 19.1 Å². The number of hydrogen-bond acceptors (Lipinski definition) is 2. The minimum Gasteiger partial charge on any atom is -0.383 e. The van der Waals surface area contributed by atoms with Gasteiger partial charge in [-0.3, -0.25) is 4.99 Å². The van der Waals surface area contributed by atoms with Crippen LogP contribution in [0.25, 0.3) is 0 Å². The van der Waals surface area contributed by atoms with Crippen molar-refractivity contribution >= 4 is 29.9 Å². The average Bonchev–Trinajstić information content (AvgIpc) is 2.30. The molecular formula is C13H22IN3O. The van der Waals surface area contributed by atoms with Crippen molar-refractivity contribution in [2.75, 3.05) is 20.3 Å². The van der Waals surface area contributed by atoms with E-state index in [1.807, 2.05) is 25.1 Å². The van der Waals surface area contributed by atoms with Crippen molar-refractivity contribution in [2.45, 2.75) is 19.4 Å². The molecule has 0 aliphatic heterocycles. The maximum Gasteiger partial charge on any atom is 0.188 e. The van der Waals surface area contributed by atoms with Crippen LogP contribution in [-0.2, 0) is 11.2 Å². The monoisotopic (exact) mass is 363 g/mol. The molecule has 0 bridgehead atoms. The Hall–Kier alpha value is -0.820. The molecule has 18 heavy (non-hydrogen) atoms. The summed E-state index contributed by atoms with van der Waals surface area (Å²) in [6.45, 7) is 3.32. The smallest absolute Gasteiger partial charge is 0.188 e. The lowest BCUT2D eigenvalue weighted by Crippen LogP contribution is -2.40. The molecule has 0 aromatic heterocycles. The van der Waals surface area contributed by atoms with Crippen molar-refractivity contribution in [1.29, 1.82) is 0 Å². The molecule has 1 aromatic rings. The summed E-state index contributed by atoms with van der Waals surface area (Å²) in [4.78, 5) is 4.27. The summed E-state index contributed by atoms with van der Waals surface area (Å²) in [5.41, 5.74) is 7.02. The summed E-state index contributed by atoms with van der Waals surface area (Å²) in [5.74, 6) is 0.477. The molecule has 1 unspecified atom stereocenters. The normalized spacial score (nSPS) is 12.7. The molecule has 1 rings (SSSR count). The number of ether oxygens (including phenoxy) is 1. The molecule has 0 fully saturated rings. The van der Waals surface area contributed by atoms with Gasteiger partial charge < -0.3 is 15.8 Å². The largest absolute Gasteiger partial charge is 0.383 e. The Bertz CT molecular complexity index is 343. The maximum atomic E-state index is 5.75. The van der Waals surface area contributed by atoms with Crippen LogP contribution < -0.4 is 11.1 Å². The SMILES string of the molecule is COCC(C)NC(N)=NCCc1ccccc1.I. The molecule has 0 amide bonds. The molecule has 4 nitrogen and oxygen atoms in total. The third kappa shape index (κ3) is 7.50. The predicted octanol–water partition coefficient (Wildman–Crippen LogP) is 1.79. The summed E-state index contributed by atoms with van der Waals surface area (Å²) in [5, 5.41) is 3.07. The highest BCUT2D eigenvalue weighted by molar-refractivity contribution is 14.0. The van der Waals surface area contributed by atoms with E-state index in [2.05, 4.69) is 22.4 Å². The zero-order valence-electron chi connectivity index (χ0n) is 10.9. The van der Waals surface area contributed by atoms with Gasteiger partial charge in [0, 0.05) is 19.7 Å². The molecule has 5 heteroatoms. The fourth-order valence-corrected chi connectivity index (χ4v) is 1.54. The van der Waals surface area contributed by atoms with Gasteiger partial charge in [-0.1, -0.05) is 30.3 Å². The molecule has 0 radical (unpaired) electrons. The van der Waals surface area contributed by atoms with E-state index in [1.165, 1.54) is 5.56 Å². The van der Waals surface area contributed by atoms with Crippen molar-refractivity contribution in [3.05, 3.63) is 35.9 Å². The quantitative estimate of drug-likeness (QED) is 0.460. The number of nitrogens with one attached hydrogen (secondary N) is 1. The van der Waals surface area contributed by atoms with Crippen LogP contribution in [0.3, 0.4) is 0 Å². The van der Waals surface area contributed by atoms with Crippen LogP contribution in [0.5, 0.6) is 0 Å². The molecule has 1 aromatic carbocycles. The standard InChI is InChI=1S/C13H21N3O.HI/c1-11(10-17-2)16-13(14)15-9-8-12-6-4-3-5-7-12;/h3-7,11H,8-10H2,1-2H3,(H3,14,15,16);1H. The van der Waals surface area contributed by atoms with Gasteiger partial charge in [0.2, 0.25) is 0 Å². The van der Waals surface area contributed by atoms with Gasteiger partial charge in [0.25, 0.3) is 0 Å². The van der Waals surface area contributed by atoms with Crippen LogP contribution in [-0.4, -0.2) is 32.3 Å². The van der Waals surface area contributed by atoms with Crippen molar-refractivity contribution in [1.82, 2.24) is 5.32 Å². The number of methoxy groups -OCH3 is 1. The Kier molecular flexibility index (Phi) is 9.67. The van der Waals surface area contributed by atoms with E-state index in [-0.39, 0.29) is 30.0 Å². The molecule has 3 N–H and O–H groups in total. The van der Waals surface area contributed by atoms with Crippen LogP contribution in [0.4, 0.5) is 0 Å². The molecule has 0 aliphatic carbocycles. The van der Waals surface area contributed by atoms with Gasteiger partial charge in [-0.25, -0.2) is 0 Å². The Morgan fingerprint density at radius 3 is 2.67 bits per heavy atom. The van der Waals surface area contributed by atoms with E-state index in [1.54, 1.807) is 7.11 Å². The first kappa shape index (κ1) is 17.2. The van der Waals surface area contributed by atoms with E-state index in [9.17, 15) is 0 Å². The first-order chi connectivity index (χ1) is 8.22. The van der Waals surface area contributed by atoms with E-state index < -0.39 is 0 Å². The molecular weight excluding hydrogens is 341 g/mol. The van der Waals surface area contributed by atoms with Gasteiger partial charge in [0.1, 0.15) is 0 Å². The summed E-state index contributed by atoms with van der Waals surface area (Å²) in [6, 6.07) is 10.4. The molecule has 0 heterocycles. The van der Waals surface area contributed by atoms with Crippen LogP contribution in [0.1, 0.15) is 12.5 Å². The lowest BCUT2D eigenvalue weighted by Gasteiger charge is -2.12. The van der Waals surface area contributed by atoms with Crippen molar-refractivity contribution in [3.63, 3.8) is 0 Å². The fraction of sp³-hybridized carbons (Fsp3) is 0.462. The van der Waals surface area contributed by atoms with Crippen molar-refractivity contribution < 1.29 is 4.74 Å². The van der Waals surface area contributed by atoms with E-state index in [0.717, 1.165) is 6.42 Å². The van der Waals surface area contributed by atoms with Gasteiger partial charge in [-0.05, 0) is 18.9 Å². The minimum atomic E-state index is 0. The topological polar surface area (TPSA) is 59.6 Å². The van der Waals surface area contributed by atoms with Crippen LogP contribution in [0.15, 0.2) is 35.3 Å². The summed E-state index contributed by atoms with van der Waals surface area (Å²) >= 11 is 0. The first-order valence-electron chi connectivity index (χ1n) is 5.81. The highest BCUT2D eigenvalue weighted by Gasteiger charge is 2.00. The van der Waals surface area contributed by atoms with Gasteiger partial charge in [-0.15, -0.1) is 24.0 Å². The lowest BCUT2D eigenvalue weighted by molar-refractivity contribution is 0.179. The number of nitrogens with zero attached hydrogens (tertiary/aromatic N) is 1. The number of rotatable bonds is 6. The number of aliphatic imine (C=N–C) groups is 1. The Balaban J connectivity index is 0.00000289. The molecule has 0 spiro atoms. The number of benzene rings is 1. The van der Waals surface area contributed by atoms with Gasteiger partial charge in [0.05, 0.1) is 6.61 Å². The van der Waals surface area contributed by atoms with Gasteiger partial charge >= 0.3 is 0 Å². The lowest BCUT2D eigenvalue weighted by atomic mass is 10.2. The third-order valence-corrected chi connectivity index (χ3v) is 2.34. The fourth-order valence-electron chi connectivity index (χ4n) is 1.54. The van der Waals surface area contributed by atoms with Crippen LogP contribution in [0, 0.1) is 0 Å². The zero-order valence-corrected chi connectivity index (χ0v) is 13.3. The van der Waals surface area contributed by atoms with E-state index in [4.69, 9.17) is 10.5 Å². The Morgan fingerprint density at radius 1 is 1.39 bits per heavy atom. The highest BCUT2D eigenvalue weighted by Crippen LogP contribution is 1.99. The number of nitrogens with two attached hydrogens (primary N) is 1. The Labute approximate surface area is 126 Å². The summed E-state index contributed by atoms with van der Waals surface area (Å²) < 4.78 is 5.01. The third-order valence-electron chi connectivity index (χ3n) is 2.34. The second-order valence-corrected chi connectivity index (χ2v) is 4.00. The second kappa shape index (κ2) is 10.1. The predicted molar refractivity (Wildman–Crippen MR) is 86.5 cm³/mol. The van der Waals surface area contributed by atoms with Gasteiger partial charge in [0.15, 0.2) is 5.96 Å². The highest BCUT2D eigenvalue weighted by atomic mass is 127. The molecule has 0 saturated heterocycles. The van der Waals surface area contributed by atoms with Gasteiger partial charge in [-0.2, -0.15) is 0 Å². The zero-order chi connectivity index (χ0) is 12.5. The van der Waals surface area contributed by atoms with E-state index >= 15 is 0 Å². The molecule has 0 saturated carbocycles. The van der Waals surface area contributed by atoms with Crippen molar-refractivity contribution in [2.24, 2.45) is 10.7 Å². The minimum absolute atomic E-state index is 0. The molecule has 102 valence electrons. The van der Waals surface area contributed by atoms with Crippen molar-refractivity contribution in [3.8, 4) is 0 Å². The molecule has 1 atom stereocenters.